The fraction of sp³-hybridized carbons (Fsp3) is 0.889. The van der Waals surface area contributed by atoms with E-state index < -0.39 is 0 Å². The van der Waals surface area contributed by atoms with Gasteiger partial charge in [-0.2, -0.15) is 0 Å². The monoisotopic (exact) mass is 185 g/mol. The summed E-state index contributed by atoms with van der Waals surface area (Å²) in [5.74, 6) is 0.817. The van der Waals surface area contributed by atoms with Gasteiger partial charge in [0.1, 0.15) is 0 Å². The minimum Gasteiger partial charge on any atom is -0.345 e. The van der Waals surface area contributed by atoms with Crippen LogP contribution in [0.5, 0.6) is 0 Å². The van der Waals surface area contributed by atoms with E-state index in [9.17, 15) is 4.79 Å². The zero-order chi connectivity index (χ0) is 9.84. The Morgan fingerprint density at radius 2 is 2.23 bits per heavy atom. The van der Waals surface area contributed by atoms with E-state index in [2.05, 4.69) is 4.90 Å². The molecule has 1 heterocycles. The number of likely N-dealkylation sites (N-methyl/N-ethyl adjacent to an activating group) is 1. The van der Waals surface area contributed by atoms with Gasteiger partial charge in [-0.3, -0.25) is 9.69 Å². The second kappa shape index (κ2) is 4.58. The van der Waals surface area contributed by atoms with Crippen LogP contribution >= 0.6 is 0 Å². The Morgan fingerprint density at radius 3 is 2.69 bits per heavy atom. The number of carbonyl (C=O) groups excluding carboxylic acids is 1. The molecule has 13 heavy (non-hydrogen) atoms. The summed E-state index contributed by atoms with van der Waals surface area (Å²) in [7, 11) is 1.84. The molecule has 1 rings (SSSR count). The van der Waals surface area contributed by atoms with Crippen molar-refractivity contribution < 1.29 is 4.79 Å². The molecule has 0 radical (unpaired) electrons. The van der Waals surface area contributed by atoms with Crippen molar-refractivity contribution in [1.82, 2.24) is 9.80 Å². The maximum atomic E-state index is 11.4. The van der Waals surface area contributed by atoms with Gasteiger partial charge in [0.2, 0.25) is 5.91 Å². The molecular formula is C9H19N3O. The first-order valence-corrected chi connectivity index (χ1v) is 4.83. The van der Waals surface area contributed by atoms with Crippen LogP contribution in [-0.4, -0.2) is 55.5 Å². The van der Waals surface area contributed by atoms with E-state index >= 15 is 0 Å². The van der Waals surface area contributed by atoms with Gasteiger partial charge < -0.3 is 10.6 Å². The normalized spacial score (nSPS) is 18.4. The zero-order valence-electron chi connectivity index (χ0n) is 8.49. The van der Waals surface area contributed by atoms with Crippen LogP contribution in [0.3, 0.4) is 0 Å². The van der Waals surface area contributed by atoms with Crippen molar-refractivity contribution in [2.45, 2.75) is 6.92 Å². The van der Waals surface area contributed by atoms with Crippen LogP contribution in [0.4, 0.5) is 0 Å². The second-order valence-corrected chi connectivity index (χ2v) is 3.70. The number of likely N-dealkylation sites (tertiary alicyclic amines) is 1. The highest BCUT2D eigenvalue weighted by Crippen LogP contribution is 2.13. The largest absolute Gasteiger partial charge is 0.345 e. The van der Waals surface area contributed by atoms with E-state index in [0.717, 1.165) is 26.2 Å². The van der Waals surface area contributed by atoms with Crippen molar-refractivity contribution in [1.29, 1.82) is 0 Å². The Labute approximate surface area is 79.7 Å². The molecule has 1 fully saturated rings. The van der Waals surface area contributed by atoms with Crippen molar-refractivity contribution in [3.63, 3.8) is 0 Å². The molecule has 0 unspecified atom stereocenters. The fourth-order valence-corrected chi connectivity index (χ4v) is 1.44. The molecule has 4 nitrogen and oxygen atoms in total. The first-order chi connectivity index (χ1) is 6.17. The van der Waals surface area contributed by atoms with E-state index in [1.807, 2.05) is 14.0 Å². The molecular weight excluding hydrogens is 166 g/mol. The van der Waals surface area contributed by atoms with Gasteiger partial charge in [-0.05, 0) is 19.4 Å². The summed E-state index contributed by atoms with van der Waals surface area (Å²) in [6, 6.07) is 0. The highest BCUT2D eigenvalue weighted by Gasteiger charge is 2.27. The lowest BCUT2D eigenvalue weighted by molar-refractivity contribution is -0.132. The Hall–Kier alpha value is -0.610. The molecule has 0 atom stereocenters. The fourth-order valence-electron chi connectivity index (χ4n) is 1.44. The summed E-state index contributed by atoms with van der Waals surface area (Å²) in [6.45, 7) is 6.04. The summed E-state index contributed by atoms with van der Waals surface area (Å²) >= 11 is 0. The van der Waals surface area contributed by atoms with Crippen molar-refractivity contribution in [3.05, 3.63) is 0 Å². The van der Waals surface area contributed by atoms with Crippen LogP contribution in [0.2, 0.25) is 0 Å². The Balaban J connectivity index is 2.16. The van der Waals surface area contributed by atoms with Gasteiger partial charge in [-0.15, -0.1) is 0 Å². The number of amides is 1. The molecule has 0 spiro atoms. The highest BCUT2D eigenvalue weighted by atomic mass is 16.2. The first-order valence-electron chi connectivity index (χ1n) is 4.83. The van der Waals surface area contributed by atoms with Gasteiger partial charge in [-0.1, -0.05) is 0 Å². The number of nitrogens with two attached hydrogens (primary N) is 1. The molecule has 0 aliphatic carbocycles. The minimum atomic E-state index is 0.206. The predicted octanol–water partition coefficient (Wildman–Crippen LogP) is -0.645. The van der Waals surface area contributed by atoms with Gasteiger partial charge in [0, 0.05) is 26.7 Å². The lowest BCUT2D eigenvalue weighted by atomic mass is 10.0. The topological polar surface area (TPSA) is 49.6 Å². The molecule has 4 heteroatoms. The Morgan fingerprint density at radius 1 is 1.62 bits per heavy atom. The van der Waals surface area contributed by atoms with Crippen molar-refractivity contribution in [2.75, 3.05) is 39.8 Å². The molecule has 2 N–H and O–H groups in total. The number of nitrogens with zero attached hydrogens (tertiary/aromatic N) is 2. The lowest BCUT2D eigenvalue weighted by Crippen LogP contribution is -2.53. The van der Waals surface area contributed by atoms with E-state index in [1.165, 1.54) is 0 Å². The summed E-state index contributed by atoms with van der Waals surface area (Å²) in [5.41, 5.74) is 5.49. The van der Waals surface area contributed by atoms with Crippen LogP contribution in [0, 0.1) is 5.92 Å². The van der Waals surface area contributed by atoms with E-state index in [0.29, 0.717) is 12.5 Å². The number of carbonyl (C=O) groups is 1. The van der Waals surface area contributed by atoms with Gasteiger partial charge in [0.05, 0.1) is 6.54 Å². The van der Waals surface area contributed by atoms with Gasteiger partial charge in [0.15, 0.2) is 0 Å². The molecule has 76 valence electrons. The van der Waals surface area contributed by atoms with Crippen molar-refractivity contribution in [3.8, 4) is 0 Å². The standard InChI is InChI=1S/C9H19N3O/c1-3-11(2)9(13)7-12-5-8(4-10)6-12/h8H,3-7,10H2,1-2H3. The summed E-state index contributed by atoms with van der Waals surface area (Å²) in [5, 5.41) is 0. The predicted molar refractivity (Wildman–Crippen MR) is 52.3 cm³/mol. The van der Waals surface area contributed by atoms with E-state index in [1.54, 1.807) is 4.90 Å². The van der Waals surface area contributed by atoms with Crippen LogP contribution in [0.25, 0.3) is 0 Å². The smallest absolute Gasteiger partial charge is 0.236 e. The van der Waals surface area contributed by atoms with E-state index in [4.69, 9.17) is 5.73 Å². The molecule has 1 saturated heterocycles. The third-order valence-electron chi connectivity index (χ3n) is 2.63. The maximum Gasteiger partial charge on any atom is 0.236 e. The quantitative estimate of drug-likeness (QED) is 0.633. The van der Waals surface area contributed by atoms with Crippen LogP contribution in [-0.2, 0) is 4.79 Å². The third kappa shape index (κ3) is 2.67. The average Bonchev–Trinajstić information content (AvgIpc) is 2.08. The van der Waals surface area contributed by atoms with Crippen LogP contribution < -0.4 is 5.73 Å². The molecule has 0 aromatic rings. The average molecular weight is 185 g/mol. The first kappa shape index (κ1) is 10.5. The van der Waals surface area contributed by atoms with Crippen molar-refractivity contribution in [2.24, 2.45) is 11.7 Å². The summed E-state index contributed by atoms with van der Waals surface area (Å²) < 4.78 is 0. The molecule has 0 saturated carbocycles. The van der Waals surface area contributed by atoms with Crippen LogP contribution in [0.1, 0.15) is 6.92 Å². The number of rotatable bonds is 4. The molecule has 1 aliphatic rings. The SMILES string of the molecule is CCN(C)C(=O)CN1CC(CN)C1. The molecule has 0 aromatic heterocycles. The van der Waals surface area contributed by atoms with E-state index in [-0.39, 0.29) is 5.91 Å². The molecule has 1 amide bonds. The highest BCUT2D eigenvalue weighted by molar-refractivity contribution is 5.78. The molecule has 0 aromatic carbocycles. The third-order valence-corrected chi connectivity index (χ3v) is 2.63. The Bertz CT molecular complexity index is 178. The molecule has 1 aliphatic heterocycles. The summed E-state index contributed by atoms with van der Waals surface area (Å²) in [6.07, 6.45) is 0. The number of hydrogen-bond acceptors (Lipinski definition) is 3. The van der Waals surface area contributed by atoms with Crippen LogP contribution in [0.15, 0.2) is 0 Å². The van der Waals surface area contributed by atoms with Crippen molar-refractivity contribution >= 4 is 5.91 Å². The van der Waals surface area contributed by atoms with Gasteiger partial charge >= 0.3 is 0 Å². The summed E-state index contributed by atoms with van der Waals surface area (Å²) in [4.78, 5) is 15.3. The van der Waals surface area contributed by atoms with Gasteiger partial charge in [0.25, 0.3) is 0 Å². The maximum absolute atomic E-state index is 11.4. The number of hydrogen-bond donors (Lipinski definition) is 1. The molecule has 0 bridgehead atoms. The lowest BCUT2D eigenvalue weighted by Gasteiger charge is -2.38. The zero-order valence-corrected chi connectivity index (χ0v) is 8.49. The minimum absolute atomic E-state index is 0.206. The van der Waals surface area contributed by atoms with Gasteiger partial charge in [-0.25, -0.2) is 0 Å². The second-order valence-electron chi connectivity index (χ2n) is 3.70. The Kier molecular flexibility index (Phi) is 3.69.